The zero-order valence-corrected chi connectivity index (χ0v) is 8.40. The summed E-state index contributed by atoms with van der Waals surface area (Å²) in [6, 6.07) is 9.48. The molecule has 0 bridgehead atoms. The van der Waals surface area contributed by atoms with E-state index in [2.05, 4.69) is 5.10 Å². The highest BCUT2D eigenvalue weighted by atomic mass is 35.5. The fourth-order valence-corrected chi connectivity index (χ4v) is 1.67. The van der Waals surface area contributed by atoms with E-state index < -0.39 is 5.38 Å². The molecule has 3 nitrogen and oxygen atoms in total. The van der Waals surface area contributed by atoms with E-state index >= 15 is 0 Å². The van der Waals surface area contributed by atoms with Crippen LogP contribution in [0.5, 0.6) is 0 Å². The summed E-state index contributed by atoms with van der Waals surface area (Å²) in [4.78, 5) is 11.4. The quantitative estimate of drug-likeness (QED) is 0.644. The van der Waals surface area contributed by atoms with E-state index in [1.807, 2.05) is 30.3 Å². The van der Waals surface area contributed by atoms with Crippen LogP contribution in [0.2, 0.25) is 0 Å². The van der Waals surface area contributed by atoms with Crippen molar-refractivity contribution >= 4 is 23.2 Å². The van der Waals surface area contributed by atoms with Gasteiger partial charge < -0.3 is 0 Å². The van der Waals surface area contributed by atoms with Gasteiger partial charge in [-0.05, 0) is 5.56 Å². The maximum absolute atomic E-state index is 11.4. The van der Waals surface area contributed by atoms with E-state index in [0.717, 1.165) is 5.56 Å². The second kappa shape index (κ2) is 3.42. The van der Waals surface area contributed by atoms with E-state index in [1.54, 1.807) is 7.05 Å². The Balaban J connectivity index is 2.38. The zero-order chi connectivity index (χ0) is 10.1. The molecule has 0 aliphatic carbocycles. The number of hydrazone groups is 1. The van der Waals surface area contributed by atoms with Crippen molar-refractivity contribution in [1.29, 1.82) is 0 Å². The van der Waals surface area contributed by atoms with Crippen LogP contribution < -0.4 is 0 Å². The predicted molar refractivity (Wildman–Crippen MR) is 55.4 cm³/mol. The van der Waals surface area contributed by atoms with Gasteiger partial charge >= 0.3 is 0 Å². The van der Waals surface area contributed by atoms with E-state index in [4.69, 9.17) is 11.6 Å². The molecule has 0 saturated heterocycles. The molecule has 1 aliphatic rings. The lowest BCUT2D eigenvalue weighted by Crippen LogP contribution is -2.25. The van der Waals surface area contributed by atoms with Crippen LogP contribution in [-0.4, -0.2) is 29.1 Å². The fourth-order valence-electron chi connectivity index (χ4n) is 1.36. The molecule has 0 N–H and O–H groups in total. The Kier molecular flexibility index (Phi) is 2.25. The summed E-state index contributed by atoms with van der Waals surface area (Å²) >= 11 is 5.94. The van der Waals surface area contributed by atoms with Crippen LogP contribution >= 0.6 is 11.6 Å². The van der Waals surface area contributed by atoms with Gasteiger partial charge in [0.05, 0.1) is 5.71 Å². The maximum atomic E-state index is 11.4. The molecule has 4 heteroatoms. The maximum Gasteiger partial charge on any atom is 0.266 e. The summed E-state index contributed by atoms with van der Waals surface area (Å²) in [5.74, 6) is -0.175. The standard InChI is InChI=1S/C10H9ClN2O/c1-13-10(14)8(11)9(12-13)7-5-3-2-4-6-7/h2-6,8H,1H3. The van der Waals surface area contributed by atoms with Gasteiger partial charge in [-0.1, -0.05) is 30.3 Å². The summed E-state index contributed by atoms with van der Waals surface area (Å²) < 4.78 is 0. The largest absolute Gasteiger partial charge is 0.271 e. The lowest BCUT2D eigenvalue weighted by atomic mass is 10.1. The molecule has 1 aliphatic heterocycles. The van der Waals surface area contributed by atoms with Crippen LogP contribution in [0.4, 0.5) is 0 Å². The van der Waals surface area contributed by atoms with E-state index in [9.17, 15) is 4.79 Å². The predicted octanol–water partition coefficient (Wildman–Crippen LogP) is 1.47. The first-order valence-electron chi connectivity index (χ1n) is 4.25. The van der Waals surface area contributed by atoms with E-state index in [-0.39, 0.29) is 5.91 Å². The smallest absolute Gasteiger partial charge is 0.266 e. The lowest BCUT2D eigenvalue weighted by Gasteiger charge is -2.02. The van der Waals surface area contributed by atoms with Crippen LogP contribution in [0.25, 0.3) is 0 Å². The molecular formula is C10H9ClN2O. The first-order chi connectivity index (χ1) is 6.70. The summed E-state index contributed by atoms with van der Waals surface area (Å²) in [6.45, 7) is 0. The first-order valence-corrected chi connectivity index (χ1v) is 4.69. The lowest BCUT2D eigenvalue weighted by molar-refractivity contribution is -0.127. The van der Waals surface area contributed by atoms with Crippen LogP contribution in [0.3, 0.4) is 0 Å². The van der Waals surface area contributed by atoms with Crippen molar-refractivity contribution in [3.05, 3.63) is 35.9 Å². The number of carbonyl (C=O) groups is 1. The van der Waals surface area contributed by atoms with Crippen LogP contribution in [0, 0.1) is 0 Å². The fraction of sp³-hybridized carbons (Fsp3) is 0.200. The summed E-state index contributed by atoms with van der Waals surface area (Å²) in [6.07, 6.45) is 0. The number of carbonyl (C=O) groups excluding carboxylic acids is 1. The minimum Gasteiger partial charge on any atom is -0.271 e. The molecule has 0 fully saturated rings. The molecule has 14 heavy (non-hydrogen) atoms. The number of alkyl halides is 1. The number of amides is 1. The van der Waals surface area contributed by atoms with Gasteiger partial charge in [-0.2, -0.15) is 5.10 Å². The van der Waals surface area contributed by atoms with Gasteiger partial charge in [-0.25, -0.2) is 5.01 Å². The molecule has 0 aromatic heterocycles. The van der Waals surface area contributed by atoms with Crippen molar-refractivity contribution in [3.8, 4) is 0 Å². The third-order valence-corrected chi connectivity index (χ3v) is 2.50. The highest BCUT2D eigenvalue weighted by Gasteiger charge is 2.32. The van der Waals surface area contributed by atoms with Crippen molar-refractivity contribution in [2.45, 2.75) is 5.38 Å². The molecule has 1 aromatic rings. The normalized spacial score (nSPS) is 21.3. The molecule has 1 aromatic carbocycles. The topological polar surface area (TPSA) is 32.7 Å². The summed E-state index contributed by atoms with van der Waals surface area (Å²) in [7, 11) is 1.60. The first kappa shape index (κ1) is 9.21. The Morgan fingerprint density at radius 1 is 1.36 bits per heavy atom. The summed E-state index contributed by atoms with van der Waals surface area (Å²) in [5.41, 5.74) is 1.52. The number of benzene rings is 1. The highest BCUT2D eigenvalue weighted by Crippen LogP contribution is 2.18. The number of hydrogen-bond donors (Lipinski definition) is 0. The number of halogens is 1. The zero-order valence-electron chi connectivity index (χ0n) is 7.64. The molecule has 1 atom stereocenters. The van der Waals surface area contributed by atoms with Gasteiger partial charge in [0.2, 0.25) is 0 Å². The molecule has 1 amide bonds. The average Bonchev–Trinajstić information content (AvgIpc) is 2.47. The SMILES string of the molecule is CN1N=C(c2ccccc2)C(Cl)C1=O. The average molecular weight is 209 g/mol. The van der Waals surface area contributed by atoms with Gasteiger partial charge in [0.1, 0.15) is 0 Å². The van der Waals surface area contributed by atoms with Gasteiger partial charge in [0, 0.05) is 7.05 Å². The number of rotatable bonds is 1. The number of nitrogens with zero attached hydrogens (tertiary/aromatic N) is 2. The van der Waals surface area contributed by atoms with Crippen molar-refractivity contribution < 1.29 is 4.79 Å². The van der Waals surface area contributed by atoms with Crippen LogP contribution in [0.1, 0.15) is 5.56 Å². The monoisotopic (exact) mass is 208 g/mol. The Bertz CT molecular complexity index is 388. The molecule has 0 radical (unpaired) electrons. The molecule has 2 rings (SSSR count). The van der Waals surface area contributed by atoms with Crippen LogP contribution in [-0.2, 0) is 4.79 Å². The van der Waals surface area contributed by atoms with Crippen molar-refractivity contribution in [3.63, 3.8) is 0 Å². The Morgan fingerprint density at radius 2 is 2.00 bits per heavy atom. The van der Waals surface area contributed by atoms with Crippen molar-refractivity contribution in [2.75, 3.05) is 7.05 Å². The summed E-state index contributed by atoms with van der Waals surface area (Å²) in [5, 5.41) is 4.72. The minimum atomic E-state index is -0.651. The molecule has 0 saturated carbocycles. The Hall–Kier alpha value is -1.35. The Labute approximate surface area is 87.0 Å². The van der Waals surface area contributed by atoms with Gasteiger partial charge in [0.15, 0.2) is 5.38 Å². The van der Waals surface area contributed by atoms with E-state index in [1.165, 1.54) is 5.01 Å². The van der Waals surface area contributed by atoms with Crippen LogP contribution in [0.15, 0.2) is 35.4 Å². The third kappa shape index (κ3) is 1.40. The third-order valence-electron chi connectivity index (χ3n) is 2.10. The van der Waals surface area contributed by atoms with Crippen molar-refractivity contribution in [1.82, 2.24) is 5.01 Å². The minimum absolute atomic E-state index is 0.175. The highest BCUT2D eigenvalue weighted by molar-refractivity contribution is 6.46. The molecule has 0 spiro atoms. The van der Waals surface area contributed by atoms with Gasteiger partial charge in [0.25, 0.3) is 5.91 Å². The molecule has 1 unspecified atom stereocenters. The van der Waals surface area contributed by atoms with Gasteiger partial charge in [-0.3, -0.25) is 4.79 Å². The number of hydrogen-bond acceptors (Lipinski definition) is 2. The molecule has 1 heterocycles. The second-order valence-electron chi connectivity index (χ2n) is 3.08. The van der Waals surface area contributed by atoms with Gasteiger partial charge in [-0.15, -0.1) is 11.6 Å². The molecular weight excluding hydrogens is 200 g/mol. The van der Waals surface area contributed by atoms with Crippen molar-refractivity contribution in [2.24, 2.45) is 5.10 Å². The second-order valence-corrected chi connectivity index (χ2v) is 3.51. The Morgan fingerprint density at radius 3 is 2.50 bits per heavy atom. The molecule has 72 valence electrons. The van der Waals surface area contributed by atoms with E-state index in [0.29, 0.717) is 5.71 Å².